The lowest BCUT2D eigenvalue weighted by atomic mass is 10.1. The maximum Gasteiger partial charge on any atom is 0.293 e. The van der Waals surface area contributed by atoms with Crippen LogP contribution in [0.15, 0.2) is 51.7 Å². The van der Waals surface area contributed by atoms with E-state index in [1.807, 2.05) is 6.07 Å². The lowest BCUT2D eigenvalue weighted by Crippen LogP contribution is -2.10. The van der Waals surface area contributed by atoms with E-state index >= 15 is 0 Å². The summed E-state index contributed by atoms with van der Waals surface area (Å²) < 4.78 is 20.7. The third-order valence-electron chi connectivity index (χ3n) is 3.24. The third-order valence-corrected chi connectivity index (χ3v) is 3.24. The normalized spacial score (nSPS) is 10.3. The molecule has 7 heteroatoms. The van der Waals surface area contributed by atoms with Crippen LogP contribution in [-0.2, 0) is 0 Å². The number of ether oxygens (including phenoxy) is 2. The molecule has 0 saturated heterocycles. The molecule has 0 bridgehead atoms. The monoisotopic (exact) mass is 314 g/mol. The van der Waals surface area contributed by atoms with Crippen LogP contribution in [0.4, 0.5) is 5.88 Å². The summed E-state index contributed by atoms with van der Waals surface area (Å²) in [5, 5.41) is 6.36. The molecule has 0 aliphatic heterocycles. The lowest BCUT2D eigenvalue weighted by Gasteiger charge is -2.09. The topological polar surface area (TPSA) is 86.7 Å². The van der Waals surface area contributed by atoms with Gasteiger partial charge in [0.2, 0.25) is 5.88 Å². The predicted octanol–water partition coefficient (Wildman–Crippen LogP) is 3.20. The number of hydrogen-bond donors (Lipinski definition) is 1. The zero-order valence-corrected chi connectivity index (χ0v) is 12.5. The Morgan fingerprint density at radius 3 is 2.70 bits per heavy atom. The van der Waals surface area contributed by atoms with Crippen molar-refractivity contribution in [1.29, 1.82) is 0 Å². The fourth-order valence-corrected chi connectivity index (χ4v) is 2.11. The minimum Gasteiger partial charge on any atom is -0.493 e. The summed E-state index contributed by atoms with van der Waals surface area (Å²) >= 11 is 0. The van der Waals surface area contributed by atoms with Gasteiger partial charge in [-0.05, 0) is 29.8 Å². The Morgan fingerprint density at radius 2 is 2.00 bits per heavy atom. The van der Waals surface area contributed by atoms with Crippen molar-refractivity contribution in [3.8, 4) is 22.6 Å². The van der Waals surface area contributed by atoms with E-state index in [2.05, 4.69) is 10.5 Å². The molecule has 0 saturated carbocycles. The first-order valence-electron chi connectivity index (χ1n) is 6.75. The second kappa shape index (κ2) is 6.27. The van der Waals surface area contributed by atoms with Gasteiger partial charge in [-0.15, -0.1) is 0 Å². The minimum atomic E-state index is -0.423. The molecule has 0 unspecified atom stereocenters. The van der Waals surface area contributed by atoms with Crippen molar-refractivity contribution < 1.29 is 23.2 Å². The van der Waals surface area contributed by atoms with Crippen molar-refractivity contribution in [3.63, 3.8) is 0 Å². The quantitative estimate of drug-likeness (QED) is 0.778. The van der Waals surface area contributed by atoms with Crippen LogP contribution in [0.25, 0.3) is 11.1 Å². The standard InChI is InChI=1S/C16H14N2O5/c1-20-12-6-5-10(8-14(12)21-2)11-9-17-23-16(11)18-15(19)13-4-3-7-22-13/h3-9H,1-2H3,(H,18,19). The summed E-state index contributed by atoms with van der Waals surface area (Å²) in [6.07, 6.45) is 2.93. The summed E-state index contributed by atoms with van der Waals surface area (Å²) in [7, 11) is 3.11. The molecule has 1 amide bonds. The van der Waals surface area contributed by atoms with Crippen molar-refractivity contribution in [2.75, 3.05) is 19.5 Å². The molecule has 0 spiro atoms. The molecule has 0 radical (unpaired) electrons. The highest BCUT2D eigenvalue weighted by atomic mass is 16.5. The predicted molar refractivity (Wildman–Crippen MR) is 81.7 cm³/mol. The van der Waals surface area contributed by atoms with E-state index in [-0.39, 0.29) is 11.6 Å². The molecule has 3 rings (SSSR count). The van der Waals surface area contributed by atoms with E-state index in [0.29, 0.717) is 17.1 Å². The van der Waals surface area contributed by atoms with Crippen molar-refractivity contribution in [2.24, 2.45) is 0 Å². The van der Waals surface area contributed by atoms with E-state index in [9.17, 15) is 4.79 Å². The summed E-state index contributed by atoms with van der Waals surface area (Å²) in [6.45, 7) is 0. The molecule has 2 heterocycles. The number of hydrogen-bond acceptors (Lipinski definition) is 6. The summed E-state index contributed by atoms with van der Waals surface area (Å²) in [5.74, 6) is 1.15. The molecule has 1 N–H and O–H groups in total. The van der Waals surface area contributed by atoms with Crippen LogP contribution in [0.2, 0.25) is 0 Å². The van der Waals surface area contributed by atoms with E-state index in [1.54, 1.807) is 38.5 Å². The van der Waals surface area contributed by atoms with Crippen LogP contribution in [0.1, 0.15) is 10.6 Å². The number of amides is 1. The highest BCUT2D eigenvalue weighted by molar-refractivity contribution is 6.03. The molecule has 23 heavy (non-hydrogen) atoms. The second-order valence-electron chi connectivity index (χ2n) is 4.57. The number of aromatic nitrogens is 1. The zero-order valence-electron chi connectivity index (χ0n) is 12.5. The maximum atomic E-state index is 12.0. The molecular formula is C16H14N2O5. The van der Waals surface area contributed by atoms with Crippen molar-refractivity contribution in [1.82, 2.24) is 5.16 Å². The number of furan rings is 1. The summed E-state index contributed by atoms with van der Waals surface area (Å²) in [5.41, 5.74) is 1.38. The van der Waals surface area contributed by atoms with E-state index in [0.717, 1.165) is 5.56 Å². The van der Waals surface area contributed by atoms with Gasteiger partial charge in [0.05, 0.1) is 32.2 Å². The molecule has 118 valence electrons. The average molecular weight is 314 g/mol. The smallest absolute Gasteiger partial charge is 0.293 e. The van der Waals surface area contributed by atoms with Gasteiger partial charge in [0, 0.05) is 0 Å². The number of anilines is 1. The van der Waals surface area contributed by atoms with Crippen LogP contribution in [0, 0.1) is 0 Å². The van der Waals surface area contributed by atoms with Gasteiger partial charge in [-0.2, -0.15) is 0 Å². The fourth-order valence-electron chi connectivity index (χ4n) is 2.11. The Kier molecular flexibility index (Phi) is 4.01. The van der Waals surface area contributed by atoms with E-state index in [1.165, 1.54) is 12.5 Å². The summed E-state index contributed by atoms with van der Waals surface area (Å²) in [6, 6.07) is 8.54. The molecule has 1 aromatic carbocycles. The lowest BCUT2D eigenvalue weighted by molar-refractivity contribution is 0.0993. The van der Waals surface area contributed by atoms with Crippen LogP contribution in [-0.4, -0.2) is 25.3 Å². The number of rotatable bonds is 5. The largest absolute Gasteiger partial charge is 0.493 e. The SMILES string of the molecule is COc1ccc(-c2cnoc2NC(=O)c2ccco2)cc1OC. The zero-order chi connectivity index (χ0) is 16.2. The molecule has 0 aliphatic rings. The number of methoxy groups -OCH3 is 2. The Labute approximate surface area is 131 Å². The maximum absolute atomic E-state index is 12.0. The highest BCUT2D eigenvalue weighted by Crippen LogP contribution is 2.35. The molecule has 2 aromatic heterocycles. The molecular weight excluding hydrogens is 300 g/mol. The van der Waals surface area contributed by atoms with Gasteiger partial charge >= 0.3 is 0 Å². The Morgan fingerprint density at radius 1 is 1.17 bits per heavy atom. The molecule has 3 aromatic rings. The fraction of sp³-hybridized carbons (Fsp3) is 0.125. The highest BCUT2D eigenvalue weighted by Gasteiger charge is 2.17. The first kappa shape index (κ1) is 14.7. The van der Waals surface area contributed by atoms with Gasteiger partial charge in [0.15, 0.2) is 17.3 Å². The Hall–Kier alpha value is -3.22. The number of nitrogens with one attached hydrogen (secondary N) is 1. The van der Waals surface area contributed by atoms with Gasteiger partial charge in [-0.25, -0.2) is 0 Å². The number of benzene rings is 1. The van der Waals surface area contributed by atoms with Crippen molar-refractivity contribution in [3.05, 3.63) is 48.6 Å². The van der Waals surface area contributed by atoms with E-state index in [4.69, 9.17) is 18.4 Å². The Bertz CT molecular complexity index is 808. The molecule has 0 aliphatic carbocycles. The first-order valence-corrected chi connectivity index (χ1v) is 6.75. The number of carbonyl (C=O) groups excluding carboxylic acids is 1. The van der Waals surface area contributed by atoms with Crippen molar-refractivity contribution in [2.45, 2.75) is 0 Å². The Balaban J connectivity index is 1.90. The molecule has 7 nitrogen and oxygen atoms in total. The molecule has 0 fully saturated rings. The van der Waals surface area contributed by atoms with Crippen LogP contribution in [0.5, 0.6) is 11.5 Å². The number of nitrogens with zero attached hydrogens (tertiary/aromatic N) is 1. The van der Waals surface area contributed by atoms with E-state index < -0.39 is 5.91 Å². The van der Waals surface area contributed by atoms with Gasteiger partial charge in [-0.1, -0.05) is 11.2 Å². The van der Waals surface area contributed by atoms with Gasteiger partial charge in [-0.3, -0.25) is 10.1 Å². The van der Waals surface area contributed by atoms with Crippen molar-refractivity contribution >= 4 is 11.8 Å². The molecule has 0 atom stereocenters. The van der Waals surface area contributed by atoms with Crippen LogP contribution < -0.4 is 14.8 Å². The minimum absolute atomic E-state index is 0.180. The van der Waals surface area contributed by atoms with Crippen LogP contribution in [0.3, 0.4) is 0 Å². The second-order valence-corrected chi connectivity index (χ2v) is 4.57. The first-order chi connectivity index (χ1) is 11.2. The van der Waals surface area contributed by atoms with Gasteiger partial charge in [0.25, 0.3) is 5.91 Å². The average Bonchev–Trinajstić information content (AvgIpc) is 3.25. The van der Waals surface area contributed by atoms with Gasteiger partial charge in [0.1, 0.15) is 0 Å². The third kappa shape index (κ3) is 2.89. The van der Waals surface area contributed by atoms with Gasteiger partial charge < -0.3 is 18.4 Å². The summed E-state index contributed by atoms with van der Waals surface area (Å²) in [4.78, 5) is 12.0. The van der Waals surface area contributed by atoms with Crippen LogP contribution >= 0.6 is 0 Å². The number of carbonyl (C=O) groups is 1.